The molecule has 6 heteroatoms. The van der Waals surface area contributed by atoms with E-state index in [0.29, 0.717) is 21.8 Å². The first-order valence-electron chi connectivity index (χ1n) is 7.82. The van der Waals surface area contributed by atoms with Gasteiger partial charge in [-0.1, -0.05) is 42.1 Å². The third-order valence-corrected chi connectivity index (χ3v) is 4.94. The van der Waals surface area contributed by atoms with Gasteiger partial charge in [-0.2, -0.15) is 0 Å². The largest absolute Gasteiger partial charge is 0.507 e. The van der Waals surface area contributed by atoms with Crippen molar-refractivity contribution in [1.29, 1.82) is 0 Å². The van der Waals surface area contributed by atoms with Gasteiger partial charge in [0.2, 0.25) is 0 Å². The number of carbonyl (C=O) groups is 2. The Bertz CT molecular complexity index is 988. The standard InChI is InChI=1S/C20H16N2O3S/c1-12-6-2-3-7-13(12)20(25)18-14(11-23)19(21)16(10-15(18)24)26-17-8-4-5-9-22-17/h2-11,24H,21H2,1H3. The highest BCUT2D eigenvalue weighted by molar-refractivity contribution is 7.99. The average molecular weight is 364 g/mol. The number of aromatic hydroxyl groups is 1. The summed E-state index contributed by atoms with van der Waals surface area (Å²) in [4.78, 5) is 29.2. The Morgan fingerprint density at radius 3 is 2.58 bits per heavy atom. The highest BCUT2D eigenvalue weighted by Crippen LogP contribution is 2.39. The number of phenolic OH excluding ortho intramolecular Hbond substituents is 1. The Labute approximate surface area is 154 Å². The molecule has 0 saturated carbocycles. The number of aldehydes is 1. The van der Waals surface area contributed by atoms with Gasteiger partial charge in [-0.25, -0.2) is 4.98 Å². The van der Waals surface area contributed by atoms with E-state index in [1.54, 1.807) is 43.5 Å². The Morgan fingerprint density at radius 2 is 1.92 bits per heavy atom. The van der Waals surface area contributed by atoms with Crippen molar-refractivity contribution in [1.82, 2.24) is 4.98 Å². The van der Waals surface area contributed by atoms with Gasteiger partial charge in [0, 0.05) is 16.7 Å². The molecular formula is C20H16N2O3S. The van der Waals surface area contributed by atoms with Gasteiger partial charge in [-0.05, 0) is 30.7 Å². The lowest BCUT2D eigenvalue weighted by Crippen LogP contribution is -2.10. The van der Waals surface area contributed by atoms with Gasteiger partial charge in [0.25, 0.3) is 0 Å². The van der Waals surface area contributed by atoms with Crippen LogP contribution in [0.25, 0.3) is 0 Å². The molecule has 0 spiro atoms. The summed E-state index contributed by atoms with van der Waals surface area (Å²) in [6.45, 7) is 1.79. The van der Waals surface area contributed by atoms with Crippen molar-refractivity contribution in [3.63, 3.8) is 0 Å². The van der Waals surface area contributed by atoms with Crippen molar-refractivity contribution in [2.75, 3.05) is 5.73 Å². The van der Waals surface area contributed by atoms with Crippen molar-refractivity contribution in [3.05, 3.63) is 77.0 Å². The van der Waals surface area contributed by atoms with Crippen LogP contribution in [0.1, 0.15) is 31.8 Å². The first kappa shape index (κ1) is 17.7. The molecule has 0 aliphatic rings. The molecule has 0 aliphatic heterocycles. The van der Waals surface area contributed by atoms with Crippen LogP contribution in [0.5, 0.6) is 5.75 Å². The Morgan fingerprint density at radius 1 is 1.19 bits per heavy atom. The van der Waals surface area contributed by atoms with Gasteiger partial charge in [0.1, 0.15) is 10.8 Å². The highest BCUT2D eigenvalue weighted by atomic mass is 32.2. The quantitative estimate of drug-likeness (QED) is 0.309. The minimum Gasteiger partial charge on any atom is -0.507 e. The molecule has 26 heavy (non-hydrogen) atoms. The fourth-order valence-corrected chi connectivity index (χ4v) is 3.48. The lowest BCUT2D eigenvalue weighted by atomic mass is 9.94. The number of hydrogen-bond donors (Lipinski definition) is 2. The van der Waals surface area contributed by atoms with Gasteiger partial charge in [-0.3, -0.25) is 9.59 Å². The maximum atomic E-state index is 12.9. The SMILES string of the molecule is Cc1ccccc1C(=O)c1c(O)cc(Sc2ccccn2)c(N)c1C=O. The molecule has 2 aromatic carbocycles. The second-order valence-electron chi connectivity index (χ2n) is 5.63. The molecule has 3 aromatic rings. The minimum absolute atomic E-state index is 0.0170. The topological polar surface area (TPSA) is 93.3 Å². The molecule has 0 bridgehead atoms. The number of aryl methyl sites for hydroxylation is 1. The van der Waals surface area contributed by atoms with Crippen LogP contribution < -0.4 is 5.73 Å². The third-order valence-electron chi connectivity index (χ3n) is 3.94. The molecule has 130 valence electrons. The van der Waals surface area contributed by atoms with Crippen LogP contribution in [0.4, 0.5) is 5.69 Å². The number of hydrogen-bond acceptors (Lipinski definition) is 6. The average Bonchev–Trinajstić information content (AvgIpc) is 2.65. The predicted molar refractivity (Wildman–Crippen MR) is 101 cm³/mol. The van der Waals surface area contributed by atoms with E-state index in [1.807, 2.05) is 12.1 Å². The van der Waals surface area contributed by atoms with Gasteiger partial charge < -0.3 is 10.8 Å². The predicted octanol–water partition coefficient (Wildman–Crippen LogP) is 3.87. The number of nitrogen functional groups attached to an aromatic ring is 1. The summed E-state index contributed by atoms with van der Waals surface area (Å²) in [7, 11) is 0. The van der Waals surface area contributed by atoms with E-state index in [-0.39, 0.29) is 22.6 Å². The third kappa shape index (κ3) is 3.32. The molecule has 0 aliphatic carbocycles. The van der Waals surface area contributed by atoms with E-state index in [0.717, 1.165) is 5.56 Å². The first-order valence-corrected chi connectivity index (χ1v) is 8.64. The normalized spacial score (nSPS) is 10.5. The van der Waals surface area contributed by atoms with Crippen LogP contribution in [-0.2, 0) is 0 Å². The molecule has 0 atom stereocenters. The van der Waals surface area contributed by atoms with Crippen molar-refractivity contribution >= 4 is 29.5 Å². The Balaban J connectivity index is 2.10. The van der Waals surface area contributed by atoms with Crippen LogP contribution in [0, 0.1) is 6.92 Å². The lowest BCUT2D eigenvalue weighted by Gasteiger charge is -2.14. The summed E-state index contributed by atoms with van der Waals surface area (Å²) < 4.78 is 0. The number of rotatable bonds is 5. The summed E-state index contributed by atoms with van der Waals surface area (Å²) in [5.74, 6) is -0.725. The van der Waals surface area contributed by atoms with E-state index in [9.17, 15) is 14.7 Å². The smallest absolute Gasteiger partial charge is 0.197 e. The van der Waals surface area contributed by atoms with Crippen LogP contribution in [0.15, 0.2) is 64.6 Å². The van der Waals surface area contributed by atoms with Crippen molar-refractivity contribution in [2.45, 2.75) is 16.8 Å². The van der Waals surface area contributed by atoms with E-state index < -0.39 is 5.78 Å². The number of anilines is 1. The number of pyridine rings is 1. The van der Waals surface area contributed by atoms with Crippen LogP contribution >= 0.6 is 11.8 Å². The highest BCUT2D eigenvalue weighted by Gasteiger charge is 2.24. The summed E-state index contributed by atoms with van der Waals surface area (Å²) >= 11 is 1.21. The van der Waals surface area contributed by atoms with Gasteiger partial charge in [0.05, 0.1) is 16.8 Å². The first-order chi connectivity index (χ1) is 12.5. The number of nitrogens with two attached hydrogens (primary N) is 1. The zero-order valence-electron chi connectivity index (χ0n) is 14.0. The Kier molecular flexibility index (Phi) is 5.04. The Hall–Kier alpha value is -3.12. The molecule has 0 radical (unpaired) electrons. The number of ketones is 1. The second kappa shape index (κ2) is 7.41. The maximum Gasteiger partial charge on any atom is 0.197 e. The summed E-state index contributed by atoms with van der Waals surface area (Å²) in [6, 6.07) is 13.8. The number of carbonyl (C=O) groups excluding carboxylic acids is 2. The van der Waals surface area contributed by atoms with Gasteiger partial charge >= 0.3 is 0 Å². The van der Waals surface area contributed by atoms with Gasteiger partial charge in [0.15, 0.2) is 12.1 Å². The number of phenols is 1. The summed E-state index contributed by atoms with van der Waals surface area (Å²) in [5, 5.41) is 11.1. The molecular weight excluding hydrogens is 348 g/mol. The number of nitrogens with zero attached hydrogens (tertiary/aromatic N) is 1. The lowest BCUT2D eigenvalue weighted by molar-refractivity contribution is 0.102. The molecule has 0 saturated heterocycles. The van der Waals surface area contributed by atoms with Crippen LogP contribution in [0.3, 0.4) is 0 Å². The zero-order valence-corrected chi connectivity index (χ0v) is 14.8. The summed E-state index contributed by atoms with van der Waals surface area (Å²) in [5.41, 5.74) is 7.32. The van der Waals surface area contributed by atoms with Crippen molar-refractivity contribution < 1.29 is 14.7 Å². The van der Waals surface area contributed by atoms with Crippen LogP contribution in [-0.4, -0.2) is 22.2 Å². The van der Waals surface area contributed by atoms with E-state index in [4.69, 9.17) is 5.73 Å². The maximum absolute atomic E-state index is 12.9. The van der Waals surface area contributed by atoms with E-state index in [2.05, 4.69) is 4.98 Å². The van der Waals surface area contributed by atoms with Crippen molar-refractivity contribution in [2.24, 2.45) is 0 Å². The van der Waals surface area contributed by atoms with E-state index >= 15 is 0 Å². The van der Waals surface area contributed by atoms with Gasteiger partial charge in [-0.15, -0.1) is 0 Å². The monoisotopic (exact) mass is 364 g/mol. The molecule has 5 nitrogen and oxygen atoms in total. The number of benzene rings is 2. The summed E-state index contributed by atoms with van der Waals surface area (Å²) in [6.07, 6.45) is 2.14. The fourth-order valence-electron chi connectivity index (χ4n) is 2.61. The number of aromatic nitrogens is 1. The fraction of sp³-hybridized carbons (Fsp3) is 0.0500. The molecule has 0 unspecified atom stereocenters. The molecule has 3 N–H and O–H groups in total. The molecule has 0 amide bonds. The zero-order chi connectivity index (χ0) is 18.7. The van der Waals surface area contributed by atoms with Crippen molar-refractivity contribution in [3.8, 4) is 5.75 Å². The second-order valence-corrected chi connectivity index (χ2v) is 6.69. The molecule has 1 heterocycles. The van der Waals surface area contributed by atoms with Crippen LogP contribution in [0.2, 0.25) is 0 Å². The molecule has 3 rings (SSSR count). The minimum atomic E-state index is -0.441. The van der Waals surface area contributed by atoms with E-state index in [1.165, 1.54) is 17.8 Å². The molecule has 0 fully saturated rings. The molecule has 1 aromatic heterocycles.